The molecule has 1 atom stereocenters. The molecule has 0 amide bonds. The second-order valence-corrected chi connectivity index (χ2v) is 1.53. The van der Waals surface area contributed by atoms with Crippen molar-refractivity contribution in [1.82, 2.24) is 0 Å². The third-order valence-corrected chi connectivity index (χ3v) is 0.606. The Morgan fingerprint density at radius 1 is 1.89 bits per heavy atom. The average Bonchev–Trinajstić information content (AvgIpc) is 1.63. The molecule has 0 saturated carbocycles. The number of nitrogens with zero attached hydrogens (tertiary/aromatic N) is 1. The van der Waals surface area contributed by atoms with E-state index in [0.29, 0.717) is 6.61 Å². The van der Waals surface area contributed by atoms with Gasteiger partial charge in [0.25, 0.3) is 6.02 Å². The van der Waals surface area contributed by atoms with Crippen molar-refractivity contribution in [2.24, 2.45) is 10.7 Å². The summed E-state index contributed by atoms with van der Waals surface area (Å²) in [6.45, 7) is 3.78. The molecule has 0 aromatic carbocycles. The molecule has 0 heterocycles. The first-order valence-electron chi connectivity index (χ1n) is 2.81. The van der Waals surface area contributed by atoms with E-state index < -0.39 is 6.23 Å². The van der Waals surface area contributed by atoms with E-state index in [0.717, 1.165) is 0 Å². The van der Waals surface area contributed by atoms with E-state index in [9.17, 15) is 0 Å². The van der Waals surface area contributed by atoms with Crippen molar-refractivity contribution in [2.75, 3.05) is 6.61 Å². The van der Waals surface area contributed by atoms with Crippen molar-refractivity contribution in [1.29, 1.82) is 0 Å². The lowest BCUT2D eigenvalue weighted by molar-refractivity contribution is 0.198. The highest BCUT2D eigenvalue weighted by atomic mass is 16.5. The van der Waals surface area contributed by atoms with Crippen LogP contribution in [0.25, 0.3) is 0 Å². The molecule has 9 heavy (non-hydrogen) atoms. The van der Waals surface area contributed by atoms with E-state index in [1.54, 1.807) is 6.92 Å². The maximum Gasteiger partial charge on any atom is 0.284 e. The minimum atomic E-state index is -0.781. The van der Waals surface area contributed by atoms with Gasteiger partial charge in [-0.25, -0.2) is 4.99 Å². The van der Waals surface area contributed by atoms with Gasteiger partial charge >= 0.3 is 0 Å². The summed E-state index contributed by atoms with van der Waals surface area (Å²) in [6, 6.07) is 0.0347. The standard InChI is InChI=1S/C5H12N2O2/c1-3-9-5(6)7-4(2)8/h4,8H,3H2,1-2H3,(H2,6,7). The van der Waals surface area contributed by atoms with Crippen molar-refractivity contribution in [2.45, 2.75) is 20.1 Å². The van der Waals surface area contributed by atoms with Gasteiger partial charge in [-0.15, -0.1) is 0 Å². The molecule has 4 nitrogen and oxygen atoms in total. The maximum absolute atomic E-state index is 8.60. The fraction of sp³-hybridized carbons (Fsp3) is 0.800. The summed E-state index contributed by atoms with van der Waals surface area (Å²) in [5.41, 5.74) is 5.15. The van der Waals surface area contributed by atoms with Gasteiger partial charge in [0, 0.05) is 0 Å². The summed E-state index contributed by atoms with van der Waals surface area (Å²) in [6.07, 6.45) is -0.781. The molecule has 0 aliphatic rings. The van der Waals surface area contributed by atoms with E-state index in [4.69, 9.17) is 15.6 Å². The number of aliphatic hydroxyl groups excluding tert-OH is 1. The summed E-state index contributed by atoms with van der Waals surface area (Å²) in [5.74, 6) is 0. The third kappa shape index (κ3) is 5.10. The lowest BCUT2D eigenvalue weighted by atomic mass is 10.7. The third-order valence-electron chi connectivity index (χ3n) is 0.606. The van der Waals surface area contributed by atoms with E-state index in [1.807, 2.05) is 0 Å². The predicted molar refractivity (Wildman–Crippen MR) is 34.9 cm³/mol. The Bertz CT molecular complexity index is 101. The van der Waals surface area contributed by atoms with Crippen LogP contribution in [0.1, 0.15) is 13.8 Å². The summed E-state index contributed by atoms with van der Waals surface area (Å²) < 4.78 is 4.72. The molecule has 54 valence electrons. The summed E-state index contributed by atoms with van der Waals surface area (Å²) >= 11 is 0. The van der Waals surface area contributed by atoms with Gasteiger partial charge in [0.1, 0.15) is 6.23 Å². The minimum Gasteiger partial charge on any atom is -0.466 e. The van der Waals surface area contributed by atoms with Crippen LogP contribution in [0.5, 0.6) is 0 Å². The lowest BCUT2D eigenvalue weighted by Gasteiger charge is -2.01. The van der Waals surface area contributed by atoms with Crippen LogP contribution in [0.2, 0.25) is 0 Å². The lowest BCUT2D eigenvalue weighted by Crippen LogP contribution is -2.18. The van der Waals surface area contributed by atoms with Crippen LogP contribution >= 0.6 is 0 Å². The number of hydrogen-bond acceptors (Lipinski definition) is 3. The van der Waals surface area contributed by atoms with E-state index >= 15 is 0 Å². The van der Waals surface area contributed by atoms with Crippen molar-refractivity contribution in [3.05, 3.63) is 0 Å². The van der Waals surface area contributed by atoms with Crippen molar-refractivity contribution >= 4 is 6.02 Å². The largest absolute Gasteiger partial charge is 0.466 e. The molecule has 4 heteroatoms. The van der Waals surface area contributed by atoms with Crippen molar-refractivity contribution in [3.63, 3.8) is 0 Å². The van der Waals surface area contributed by atoms with Crippen LogP contribution in [0.3, 0.4) is 0 Å². The van der Waals surface area contributed by atoms with Crippen LogP contribution in [-0.4, -0.2) is 24.0 Å². The van der Waals surface area contributed by atoms with Crippen LogP contribution in [0.4, 0.5) is 0 Å². The average molecular weight is 132 g/mol. The van der Waals surface area contributed by atoms with Crippen LogP contribution in [-0.2, 0) is 4.74 Å². The number of aliphatic hydroxyl groups is 1. The van der Waals surface area contributed by atoms with Gasteiger partial charge in [-0.3, -0.25) is 0 Å². The van der Waals surface area contributed by atoms with Gasteiger partial charge in [0.2, 0.25) is 0 Å². The molecule has 0 saturated heterocycles. The normalized spacial score (nSPS) is 15.2. The zero-order chi connectivity index (χ0) is 7.28. The molecule has 0 aromatic heterocycles. The number of hydrogen-bond donors (Lipinski definition) is 2. The van der Waals surface area contributed by atoms with Gasteiger partial charge in [-0.1, -0.05) is 0 Å². The monoisotopic (exact) mass is 132 g/mol. The number of amidine groups is 1. The fourth-order valence-electron chi connectivity index (χ4n) is 0.369. The molecule has 0 aromatic rings. The second-order valence-electron chi connectivity index (χ2n) is 1.53. The Hall–Kier alpha value is -0.770. The molecule has 0 aliphatic heterocycles. The van der Waals surface area contributed by atoms with Gasteiger partial charge in [0.15, 0.2) is 0 Å². The van der Waals surface area contributed by atoms with Crippen LogP contribution < -0.4 is 5.73 Å². The fourth-order valence-corrected chi connectivity index (χ4v) is 0.369. The molecule has 3 N–H and O–H groups in total. The molecule has 0 bridgehead atoms. The topological polar surface area (TPSA) is 67.8 Å². The number of rotatable bonds is 2. The molecule has 0 spiro atoms. The molecule has 0 aliphatic carbocycles. The quantitative estimate of drug-likeness (QED) is 0.399. The molecular weight excluding hydrogens is 120 g/mol. The van der Waals surface area contributed by atoms with Gasteiger partial charge in [-0.2, -0.15) is 0 Å². The van der Waals surface area contributed by atoms with Gasteiger partial charge in [0.05, 0.1) is 6.61 Å². The van der Waals surface area contributed by atoms with E-state index in [-0.39, 0.29) is 6.02 Å². The predicted octanol–water partition coefficient (Wildman–Crippen LogP) is -0.324. The minimum absolute atomic E-state index is 0.0347. The Labute approximate surface area is 54.3 Å². The van der Waals surface area contributed by atoms with Gasteiger partial charge < -0.3 is 15.6 Å². The number of ether oxygens (including phenoxy) is 1. The Morgan fingerprint density at radius 2 is 2.44 bits per heavy atom. The highest BCUT2D eigenvalue weighted by molar-refractivity contribution is 5.71. The number of aliphatic imine (C=N–C) groups is 1. The summed E-state index contributed by atoms with van der Waals surface area (Å²) in [5, 5.41) is 8.60. The smallest absolute Gasteiger partial charge is 0.284 e. The van der Waals surface area contributed by atoms with Crippen molar-refractivity contribution in [3.8, 4) is 0 Å². The maximum atomic E-state index is 8.60. The molecule has 0 radical (unpaired) electrons. The Balaban J connectivity index is 3.55. The zero-order valence-corrected chi connectivity index (χ0v) is 5.66. The van der Waals surface area contributed by atoms with Crippen LogP contribution in [0.15, 0.2) is 4.99 Å². The Kier molecular flexibility index (Phi) is 3.79. The van der Waals surface area contributed by atoms with E-state index in [1.165, 1.54) is 6.92 Å². The second kappa shape index (κ2) is 4.14. The van der Waals surface area contributed by atoms with Crippen LogP contribution in [0, 0.1) is 0 Å². The SMILES string of the molecule is CCOC(N)=NC(C)O. The molecule has 1 unspecified atom stereocenters. The zero-order valence-electron chi connectivity index (χ0n) is 5.66. The first-order chi connectivity index (χ1) is 4.16. The Morgan fingerprint density at radius 3 is 2.78 bits per heavy atom. The molecule has 0 fully saturated rings. The first-order valence-corrected chi connectivity index (χ1v) is 2.81. The van der Waals surface area contributed by atoms with Gasteiger partial charge in [-0.05, 0) is 13.8 Å². The summed E-state index contributed by atoms with van der Waals surface area (Å²) in [7, 11) is 0. The molecule has 0 rings (SSSR count). The highest BCUT2D eigenvalue weighted by Crippen LogP contribution is 1.82. The number of nitrogens with two attached hydrogens (primary N) is 1. The highest BCUT2D eigenvalue weighted by Gasteiger charge is 1.92. The first kappa shape index (κ1) is 8.23. The van der Waals surface area contributed by atoms with E-state index in [2.05, 4.69) is 4.99 Å². The summed E-state index contributed by atoms with van der Waals surface area (Å²) in [4.78, 5) is 3.49. The molecular formula is C5H12N2O2. The van der Waals surface area contributed by atoms with Crippen molar-refractivity contribution < 1.29 is 9.84 Å².